The molecule has 23 heavy (non-hydrogen) atoms. The van der Waals surface area contributed by atoms with E-state index in [1.807, 2.05) is 31.2 Å². The van der Waals surface area contributed by atoms with E-state index in [1.165, 1.54) is 5.56 Å². The highest BCUT2D eigenvalue weighted by Gasteiger charge is 2.00. The Hall–Kier alpha value is -2.26. The lowest BCUT2D eigenvalue weighted by molar-refractivity contribution is 0.182. The van der Waals surface area contributed by atoms with Crippen LogP contribution < -0.4 is 0 Å². The summed E-state index contributed by atoms with van der Waals surface area (Å²) in [5.74, 6) is 0. The molecule has 0 saturated carbocycles. The van der Waals surface area contributed by atoms with Crippen LogP contribution in [0, 0.1) is 0 Å². The van der Waals surface area contributed by atoms with E-state index in [2.05, 4.69) is 47.1 Å². The minimum absolute atomic E-state index is 0.222. The number of nitrogens with zero attached hydrogens (tertiary/aromatic N) is 2. The van der Waals surface area contributed by atoms with Gasteiger partial charge < -0.3 is 5.11 Å². The molecule has 120 valence electrons. The molecular formula is C20H24N2O. The van der Waals surface area contributed by atoms with Gasteiger partial charge in [-0.15, -0.1) is 11.7 Å². The minimum atomic E-state index is -0.222. The first-order valence-electron chi connectivity index (χ1n) is 8.07. The van der Waals surface area contributed by atoms with Gasteiger partial charge in [-0.05, 0) is 56.4 Å². The van der Waals surface area contributed by atoms with Crippen molar-refractivity contribution in [3.8, 4) is 11.3 Å². The van der Waals surface area contributed by atoms with Gasteiger partial charge in [0.25, 0.3) is 0 Å². The highest BCUT2D eigenvalue weighted by atomic mass is 16.3. The predicted molar refractivity (Wildman–Crippen MR) is 95.9 cm³/mol. The highest BCUT2D eigenvalue weighted by Crippen LogP contribution is 2.17. The van der Waals surface area contributed by atoms with Gasteiger partial charge in [-0.2, -0.15) is 5.10 Å². The number of allylic oxidation sites excluding steroid dienone is 2. The molecule has 0 saturated heterocycles. The molecule has 0 aliphatic carbocycles. The summed E-state index contributed by atoms with van der Waals surface area (Å²) in [5, 5.41) is 17.7. The zero-order chi connectivity index (χ0) is 16.5. The van der Waals surface area contributed by atoms with Crippen LogP contribution in [0.5, 0.6) is 0 Å². The van der Waals surface area contributed by atoms with Crippen molar-refractivity contribution in [1.82, 2.24) is 10.2 Å². The van der Waals surface area contributed by atoms with E-state index < -0.39 is 0 Å². The van der Waals surface area contributed by atoms with Crippen LogP contribution in [0.15, 0.2) is 55.1 Å². The minimum Gasteiger partial charge on any atom is -0.393 e. The molecular weight excluding hydrogens is 284 g/mol. The number of aliphatic hydroxyl groups is 1. The average molecular weight is 308 g/mol. The normalized spacial score (nSPS) is 12.4. The number of aromatic nitrogens is 2. The summed E-state index contributed by atoms with van der Waals surface area (Å²) in [4.78, 5) is 0. The van der Waals surface area contributed by atoms with Crippen molar-refractivity contribution >= 4 is 6.08 Å². The van der Waals surface area contributed by atoms with Crippen LogP contribution in [0.25, 0.3) is 17.3 Å². The molecule has 1 atom stereocenters. The van der Waals surface area contributed by atoms with E-state index in [0.717, 1.165) is 42.6 Å². The third-order valence-corrected chi connectivity index (χ3v) is 3.60. The molecule has 0 amide bonds. The molecule has 3 heteroatoms. The van der Waals surface area contributed by atoms with Gasteiger partial charge in [-0.25, -0.2) is 0 Å². The third kappa shape index (κ3) is 5.80. The van der Waals surface area contributed by atoms with Gasteiger partial charge in [0.1, 0.15) is 0 Å². The summed E-state index contributed by atoms with van der Waals surface area (Å²) in [6, 6.07) is 12.3. The molecule has 0 radical (unpaired) electrons. The van der Waals surface area contributed by atoms with Crippen molar-refractivity contribution in [3.05, 3.63) is 66.4 Å². The molecule has 0 bridgehead atoms. The molecule has 0 spiro atoms. The summed E-state index contributed by atoms with van der Waals surface area (Å²) in [5.41, 5.74) is 4.04. The second kappa shape index (κ2) is 9.01. The summed E-state index contributed by atoms with van der Waals surface area (Å²) in [6.07, 6.45) is 9.37. The molecule has 0 aliphatic heterocycles. The van der Waals surface area contributed by atoms with Crippen molar-refractivity contribution in [2.75, 3.05) is 0 Å². The maximum atomic E-state index is 9.20. The van der Waals surface area contributed by atoms with Crippen LogP contribution in [-0.2, 0) is 6.42 Å². The number of unbranched alkanes of at least 4 members (excludes halogenated alkanes) is 1. The first-order chi connectivity index (χ1) is 11.2. The topological polar surface area (TPSA) is 46.0 Å². The molecule has 2 aromatic rings. The first kappa shape index (κ1) is 17.1. The molecule has 1 aromatic heterocycles. The van der Waals surface area contributed by atoms with Gasteiger partial charge in [-0.3, -0.25) is 0 Å². The molecule has 3 nitrogen and oxygen atoms in total. The smallest absolute Gasteiger partial charge is 0.0930 e. The van der Waals surface area contributed by atoms with E-state index in [4.69, 9.17) is 0 Å². The van der Waals surface area contributed by atoms with E-state index in [9.17, 15) is 5.11 Å². The monoisotopic (exact) mass is 308 g/mol. The summed E-state index contributed by atoms with van der Waals surface area (Å²) in [7, 11) is 0. The standard InChI is InChI=1S/C20H24N2O/c1-3-7-17-10-12-18(13-11-17)20-15-14-19(21-22-20)9-6-4-5-8-16(2)23/h3,6,9-16,23H,1,4-5,7-8H2,2H3/b9-6+. The fourth-order valence-corrected chi connectivity index (χ4v) is 2.30. The Morgan fingerprint density at radius 2 is 1.91 bits per heavy atom. The van der Waals surface area contributed by atoms with Crippen LogP contribution in [0.1, 0.15) is 37.4 Å². The highest BCUT2D eigenvalue weighted by molar-refractivity contribution is 5.60. The summed E-state index contributed by atoms with van der Waals surface area (Å²) < 4.78 is 0. The quantitative estimate of drug-likeness (QED) is 0.579. The second-order valence-corrected chi connectivity index (χ2v) is 5.72. The predicted octanol–water partition coefficient (Wildman–Crippen LogP) is 4.44. The van der Waals surface area contributed by atoms with E-state index in [1.54, 1.807) is 0 Å². The lowest BCUT2D eigenvalue weighted by Gasteiger charge is -2.02. The SMILES string of the molecule is C=CCc1ccc(-c2ccc(/C=C/CCCC(C)O)nn2)cc1. The zero-order valence-corrected chi connectivity index (χ0v) is 13.7. The molecule has 0 aliphatic rings. The summed E-state index contributed by atoms with van der Waals surface area (Å²) in [6.45, 7) is 5.57. The Kier molecular flexibility index (Phi) is 6.70. The van der Waals surface area contributed by atoms with Crippen LogP contribution in [0.4, 0.5) is 0 Å². The van der Waals surface area contributed by atoms with E-state index >= 15 is 0 Å². The molecule has 0 fully saturated rings. The van der Waals surface area contributed by atoms with Crippen molar-refractivity contribution in [2.45, 2.75) is 38.7 Å². The Balaban J connectivity index is 1.93. The summed E-state index contributed by atoms with van der Waals surface area (Å²) >= 11 is 0. The van der Waals surface area contributed by atoms with Crippen LogP contribution in [-0.4, -0.2) is 21.4 Å². The van der Waals surface area contributed by atoms with Crippen molar-refractivity contribution in [1.29, 1.82) is 0 Å². The fourth-order valence-electron chi connectivity index (χ4n) is 2.30. The number of aliphatic hydroxyl groups excluding tert-OH is 1. The fraction of sp³-hybridized carbons (Fsp3) is 0.300. The maximum Gasteiger partial charge on any atom is 0.0930 e. The zero-order valence-electron chi connectivity index (χ0n) is 13.7. The molecule has 1 aromatic carbocycles. The van der Waals surface area contributed by atoms with Crippen LogP contribution in [0.3, 0.4) is 0 Å². The maximum absolute atomic E-state index is 9.20. The van der Waals surface area contributed by atoms with E-state index in [-0.39, 0.29) is 6.10 Å². The Bertz CT molecular complexity index is 628. The Morgan fingerprint density at radius 1 is 1.13 bits per heavy atom. The van der Waals surface area contributed by atoms with Crippen LogP contribution in [0.2, 0.25) is 0 Å². The number of hydrogen-bond acceptors (Lipinski definition) is 3. The molecule has 1 heterocycles. The molecule has 1 N–H and O–H groups in total. The Labute approximate surface area is 138 Å². The van der Waals surface area contributed by atoms with Gasteiger partial charge in [0.05, 0.1) is 17.5 Å². The average Bonchev–Trinajstić information content (AvgIpc) is 2.56. The van der Waals surface area contributed by atoms with Gasteiger partial charge >= 0.3 is 0 Å². The van der Waals surface area contributed by atoms with Gasteiger partial charge in [0, 0.05) is 5.56 Å². The largest absolute Gasteiger partial charge is 0.393 e. The Morgan fingerprint density at radius 3 is 2.52 bits per heavy atom. The number of benzene rings is 1. The second-order valence-electron chi connectivity index (χ2n) is 5.72. The van der Waals surface area contributed by atoms with Crippen LogP contribution >= 0.6 is 0 Å². The third-order valence-electron chi connectivity index (χ3n) is 3.60. The van der Waals surface area contributed by atoms with Gasteiger partial charge in [0.15, 0.2) is 0 Å². The van der Waals surface area contributed by atoms with Crippen molar-refractivity contribution in [2.24, 2.45) is 0 Å². The molecule has 2 rings (SSSR count). The van der Waals surface area contributed by atoms with E-state index in [0.29, 0.717) is 0 Å². The van der Waals surface area contributed by atoms with Crippen molar-refractivity contribution < 1.29 is 5.11 Å². The van der Waals surface area contributed by atoms with Crippen molar-refractivity contribution in [3.63, 3.8) is 0 Å². The number of rotatable bonds is 8. The lowest BCUT2D eigenvalue weighted by atomic mass is 10.1. The lowest BCUT2D eigenvalue weighted by Crippen LogP contribution is -1.97. The first-order valence-corrected chi connectivity index (χ1v) is 8.07. The van der Waals surface area contributed by atoms with Gasteiger partial charge in [-0.1, -0.05) is 36.4 Å². The number of hydrogen-bond donors (Lipinski definition) is 1. The van der Waals surface area contributed by atoms with Gasteiger partial charge in [0.2, 0.25) is 0 Å². The molecule has 1 unspecified atom stereocenters.